The van der Waals surface area contributed by atoms with E-state index in [0.29, 0.717) is 6.42 Å². The summed E-state index contributed by atoms with van der Waals surface area (Å²) in [6.07, 6.45) is 6.70. The molecule has 1 aliphatic carbocycles. The maximum absolute atomic E-state index is 11.4. The van der Waals surface area contributed by atoms with E-state index < -0.39 is 6.10 Å². The number of aliphatic hydroxyl groups is 1. The minimum atomic E-state index is -0.922. The third kappa shape index (κ3) is 3.50. The lowest BCUT2D eigenvalue weighted by Gasteiger charge is -2.23. The van der Waals surface area contributed by atoms with Crippen molar-refractivity contribution < 1.29 is 9.90 Å². The van der Waals surface area contributed by atoms with Crippen LogP contribution in [0.15, 0.2) is 12.7 Å². The molecule has 1 fully saturated rings. The normalized spacial score (nSPS) is 20.1. The minimum absolute atomic E-state index is 0.253. The molecule has 14 heavy (non-hydrogen) atoms. The first-order valence-electron chi connectivity index (χ1n) is 5.33. The van der Waals surface area contributed by atoms with Crippen molar-refractivity contribution in [1.82, 2.24) is 5.32 Å². The topological polar surface area (TPSA) is 49.3 Å². The molecule has 0 bridgehead atoms. The highest BCUT2D eigenvalue weighted by molar-refractivity contribution is 5.80. The lowest BCUT2D eigenvalue weighted by atomic mass is 9.95. The highest BCUT2D eigenvalue weighted by Gasteiger charge is 2.19. The fourth-order valence-electron chi connectivity index (χ4n) is 1.81. The number of amides is 1. The third-order valence-corrected chi connectivity index (χ3v) is 2.64. The Kier molecular flexibility index (Phi) is 4.66. The second kappa shape index (κ2) is 5.81. The van der Waals surface area contributed by atoms with Gasteiger partial charge in [0.2, 0.25) is 5.91 Å². The number of nitrogens with one attached hydrogen (secondary N) is 1. The molecule has 1 rings (SSSR count). The summed E-state index contributed by atoms with van der Waals surface area (Å²) in [5.74, 6) is -0.253. The predicted octanol–water partition coefficient (Wildman–Crippen LogP) is 1.37. The fraction of sp³-hybridized carbons (Fsp3) is 0.727. The highest BCUT2D eigenvalue weighted by atomic mass is 16.3. The van der Waals surface area contributed by atoms with Crippen LogP contribution in [-0.2, 0) is 4.79 Å². The van der Waals surface area contributed by atoms with E-state index in [1.807, 2.05) is 0 Å². The van der Waals surface area contributed by atoms with Gasteiger partial charge in [0, 0.05) is 12.5 Å². The molecule has 1 aliphatic rings. The molecule has 0 heterocycles. The maximum atomic E-state index is 11.4. The van der Waals surface area contributed by atoms with Crippen molar-refractivity contribution in [2.45, 2.75) is 50.7 Å². The van der Waals surface area contributed by atoms with Crippen LogP contribution >= 0.6 is 0 Å². The summed E-state index contributed by atoms with van der Waals surface area (Å²) < 4.78 is 0. The van der Waals surface area contributed by atoms with Gasteiger partial charge in [0.25, 0.3) is 0 Å². The van der Waals surface area contributed by atoms with Crippen LogP contribution in [0.25, 0.3) is 0 Å². The summed E-state index contributed by atoms with van der Waals surface area (Å²) in [6, 6.07) is 0.274. The Morgan fingerprint density at radius 1 is 1.50 bits per heavy atom. The third-order valence-electron chi connectivity index (χ3n) is 2.64. The second-order valence-corrected chi connectivity index (χ2v) is 3.88. The quantitative estimate of drug-likeness (QED) is 0.669. The van der Waals surface area contributed by atoms with Crippen LogP contribution in [0, 0.1) is 0 Å². The van der Waals surface area contributed by atoms with E-state index in [-0.39, 0.29) is 11.9 Å². The monoisotopic (exact) mass is 197 g/mol. The van der Waals surface area contributed by atoms with Gasteiger partial charge in [-0.1, -0.05) is 25.3 Å². The van der Waals surface area contributed by atoms with Crippen molar-refractivity contribution >= 4 is 5.91 Å². The summed E-state index contributed by atoms with van der Waals surface area (Å²) in [4.78, 5) is 11.4. The van der Waals surface area contributed by atoms with Gasteiger partial charge < -0.3 is 10.4 Å². The maximum Gasteiger partial charge on any atom is 0.249 e. The van der Waals surface area contributed by atoms with Crippen LogP contribution in [0.3, 0.4) is 0 Å². The molecule has 3 nitrogen and oxygen atoms in total. The van der Waals surface area contributed by atoms with Gasteiger partial charge in [-0.05, 0) is 12.8 Å². The van der Waals surface area contributed by atoms with Gasteiger partial charge in [0.15, 0.2) is 0 Å². The van der Waals surface area contributed by atoms with Gasteiger partial charge in [-0.15, -0.1) is 6.58 Å². The second-order valence-electron chi connectivity index (χ2n) is 3.88. The molecule has 1 saturated carbocycles. The van der Waals surface area contributed by atoms with E-state index in [1.54, 1.807) is 6.08 Å². The van der Waals surface area contributed by atoms with Gasteiger partial charge in [0.05, 0.1) is 0 Å². The van der Waals surface area contributed by atoms with Gasteiger partial charge in [-0.2, -0.15) is 0 Å². The molecule has 0 spiro atoms. The van der Waals surface area contributed by atoms with E-state index in [1.165, 1.54) is 19.3 Å². The van der Waals surface area contributed by atoms with Gasteiger partial charge in [0.1, 0.15) is 6.10 Å². The molecule has 80 valence electrons. The zero-order chi connectivity index (χ0) is 10.4. The Bertz CT molecular complexity index is 197. The average Bonchev–Trinajstić information content (AvgIpc) is 2.19. The molecular formula is C11H19NO2. The van der Waals surface area contributed by atoms with Crippen molar-refractivity contribution in [3.63, 3.8) is 0 Å². The van der Waals surface area contributed by atoms with Crippen LogP contribution in [0.4, 0.5) is 0 Å². The van der Waals surface area contributed by atoms with E-state index in [9.17, 15) is 9.90 Å². The van der Waals surface area contributed by atoms with Crippen LogP contribution in [-0.4, -0.2) is 23.2 Å². The largest absolute Gasteiger partial charge is 0.383 e. The van der Waals surface area contributed by atoms with Crippen LogP contribution < -0.4 is 5.32 Å². The number of carbonyl (C=O) groups excluding carboxylic acids is 1. The Morgan fingerprint density at radius 2 is 2.14 bits per heavy atom. The summed E-state index contributed by atoms with van der Waals surface area (Å²) in [5.41, 5.74) is 0. The lowest BCUT2D eigenvalue weighted by Crippen LogP contribution is -2.42. The van der Waals surface area contributed by atoms with Gasteiger partial charge in [-0.3, -0.25) is 4.79 Å². The van der Waals surface area contributed by atoms with Crippen LogP contribution in [0.5, 0.6) is 0 Å². The van der Waals surface area contributed by atoms with Crippen molar-refractivity contribution in [2.24, 2.45) is 0 Å². The first-order valence-corrected chi connectivity index (χ1v) is 5.33. The molecule has 0 aromatic rings. The molecule has 0 saturated heterocycles. The van der Waals surface area contributed by atoms with Gasteiger partial charge >= 0.3 is 0 Å². The lowest BCUT2D eigenvalue weighted by molar-refractivity contribution is -0.130. The molecule has 0 aromatic heterocycles. The van der Waals surface area contributed by atoms with E-state index in [2.05, 4.69) is 11.9 Å². The van der Waals surface area contributed by atoms with E-state index in [0.717, 1.165) is 12.8 Å². The summed E-state index contributed by atoms with van der Waals surface area (Å²) >= 11 is 0. The smallest absolute Gasteiger partial charge is 0.249 e. The van der Waals surface area contributed by atoms with E-state index >= 15 is 0 Å². The SMILES string of the molecule is C=CCC(O)C(=O)NC1CCCCC1. The molecule has 2 N–H and O–H groups in total. The van der Waals surface area contributed by atoms with Crippen LogP contribution in [0.2, 0.25) is 0 Å². The zero-order valence-corrected chi connectivity index (χ0v) is 8.54. The number of hydrogen-bond donors (Lipinski definition) is 2. The summed E-state index contributed by atoms with van der Waals surface area (Å²) in [7, 11) is 0. The minimum Gasteiger partial charge on any atom is -0.383 e. The Morgan fingerprint density at radius 3 is 2.71 bits per heavy atom. The molecule has 1 atom stereocenters. The summed E-state index contributed by atoms with van der Waals surface area (Å²) in [5, 5.41) is 12.2. The standard InChI is InChI=1S/C11H19NO2/c1-2-6-10(13)11(14)12-9-7-4-3-5-8-9/h2,9-10,13H,1,3-8H2,(H,12,14). The molecular weight excluding hydrogens is 178 g/mol. The van der Waals surface area contributed by atoms with Crippen molar-refractivity contribution in [2.75, 3.05) is 0 Å². The summed E-state index contributed by atoms with van der Waals surface area (Å²) in [6.45, 7) is 3.49. The number of aliphatic hydroxyl groups excluding tert-OH is 1. The molecule has 3 heteroatoms. The Labute approximate surface area is 85.2 Å². The molecule has 0 aliphatic heterocycles. The number of rotatable bonds is 4. The molecule has 1 unspecified atom stereocenters. The van der Waals surface area contributed by atoms with Crippen molar-refractivity contribution in [1.29, 1.82) is 0 Å². The average molecular weight is 197 g/mol. The number of hydrogen-bond acceptors (Lipinski definition) is 2. The first kappa shape index (κ1) is 11.2. The molecule has 0 aromatic carbocycles. The zero-order valence-electron chi connectivity index (χ0n) is 8.54. The number of carbonyl (C=O) groups is 1. The van der Waals surface area contributed by atoms with Crippen molar-refractivity contribution in [3.8, 4) is 0 Å². The van der Waals surface area contributed by atoms with Crippen molar-refractivity contribution in [3.05, 3.63) is 12.7 Å². The predicted molar refractivity (Wildman–Crippen MR) is 55.8 cm³/mol. The van der Waals surface area contributed by atoms with Crippen LogP contribution in [0.1, 0.15) is 38.5 Å². The molecule has 1 amide bonds. The molecule has 0 radical (unpaired) electrons. The van der Waals surface area contributed by atoms with Gasteiger partial charge in [-0.25, -0.2) is 0 Å². The Balaban J connectivity index is 2.27. The first-order chi connectivity index (χ1) is 6.74. The fourth-order valence-corrected chi connectivity index (χ4v) is 1.81. The van der Waals surface area contributed by atoms with E-state index in [4.69, 9.17) is 0 Å². The Hall–Kier alpha value is -0.830. The highest BCUT2D eigenvalue weighted by Crippen LogP contribution is 2.17.